The topological polar surface area (TPSA) is 101 Å². The maximum atomic E-state index is 12.4. The van der Waals surface area contributed by atoms with E-state index in [1.165, 1.54) is 12.1 Å². The van der Waals surface area contributed by atoms with Gasteiger partial charge in [0.05, 0.1) is 4.92 Å². The third kappa shape index (κ3) is 3.43. The Kier molecular flexibility index (Phi) is 5.28. The molecule has 2 rings (SSSR count). The SMILES string of the molecule is CCC(CC)(Cc1ccc([N+](=O)[O-])cc1)C1C(=O)NC(=S)NC1=O. The molecule has 1 aliphatic heterocycles. The molecule has 1 aliphatic rings. The summed E-state index contributed by atoms with van der Waals surface area (Å²) in [5.41, 5.74) is 0.272. The quantitative estimate of drug-likeness (QED) is 0.354. The fourth-order valence-corrected chi connectivity index (χ4v) is 3.43. The van der Waals surface area contributed by atoms with Crippen molar-refractivity contribution in [3.05, 3.63) is 39.9 Å². The number of hydrogen-bond donors (Lipinski definition) is 2. The van der Waals surface area contributed by atoms with Crippen LogP contribution in [0.5, 0.6) is 0 Å². The highest BCUT2D eigenvalue weighted by molar-refractivity contribution is 7.80. The van der Waals surface area contributed by atoms with Crippen LogP contribution in [0.25, 0.3) is 0 Å². The Labute approximate surface area is 145 Å². The Balaban J connectivity index is 2.33. The lowest BCUT2D eigenvalue weighted by atomic mass is 9.66. The molecule has 0 atom stereocenters. The minimum atomic E-state index is -0.852. The standard InChI is InChI=1S/C16H19N3O4S/c1-3-16(4-2,12-13(20)17-15(24)18-14(12)21)9-10-5-7-11(8-6-10)19(22)23/h5-8,12H,3-4,9H2,1-2H3,(H2,17,18,20,21,24). The Morgan fingerprint density at radius 1 is 1.12 bits per heavy atom. The molecule has 1 saturated heterocycles. The zero-order valence-electron chi connectivity index (χ0n) is 13.5. The molecule has 1 fully saturated rings. The first-order valence-corrected chi connectivity index (χ1v) is 8.13. The lowest BCUT2D eigenvalue weighted by Crippen LogP contribution is -2.60. The van der Waals surface area contributed by atoms with Crippen molar-refractivity contribution in [3.63, 3.8) is 0 Å². The van der Waals surface area contributed by atoms with E-state index in [2.05, 4.69) is 10.6 Å². The van der Waals surface area contributed by atoms with Crippen molar-refractivity contribution in [1.29, 1.82) is 0 Å². The molecule has 0 unspecified atom stereocenters. The fraction of sp³-hybridized carbons (Fsp3) is 0.438. The molecule has 8 heteroatoms. The Morgan fingerprint density at radius 2 is 1.62 bits per heavy atom. The van der Waals surface area contributed by atoms with Crippen LogP contribution in [0.1, 0.15) is 32.3 Å². The van der Waals surface area contributed by atoms with Crippen LogP contribution in [-0.2, 0) is 16.0 Å². The predicted octanol–water partition coefficient (Wildman–Crippen LogP) is 2.09. The number of carbonyl (C=O) groups excluding carboxylic acids is 2. The second-order valence-electron chi connectivity index (χ2n) is 5.91. The van der Waals surface area contributed by atoms with E-state index in [1.54, 1.807) is 12.1 Å². The number of benzene rings is 1. The van der Waals surface area contributed by atoms with Gasteiger partial charge < -0.3 is 10.6 Å². The van der Waals surface area contributed by atoms with Gasteiger partial charge in [0.2, 0.25) is 11.8 Å². The molecule has 1 aromatic rings. The summed E-state index contributed by atoms with van der Waals surface area (Å²) in [6, 6.07) is 6.20. The first-order chi connectivity index (χ1) is 11.3. The summed E-state index contributed by atoms with van der Waals surface area (Å²) in [7, 11) is 0. The number of non-ortho nitro benzene ring substituents is 1. The molecular formula is C16H19N3O4S. The molecule has 0 spiro atoms. The minimum Gasteiger partial charge on any atom is -0.302 e. The van der Waals surface area contributed by atoms with Crippen LogP contribution >= 0.6 is 12.2 Å². The number of nitro benzene ring substituents is 1. The molecule has 0 aliphatic carbocycles. The summed E-state index contributed by atoms with van der Waals surface area (Å²) in [4.78, 5) is 35.0. The monoisotopic (exact) mass is 349 g/mol. The number of amides is 2. The Bertz CT molecular complexity index is 663. The third-order valence-corrected chi connectivity index (χ3v) is 4.93. The smallest absolute Gasteiger partial charge is 0.269 e. The van der Waals surface area contributed by atoms with Crippen LogP contribution in [0.15, 0.2) is 24.3 Å². The predicted molar refractivity (Wildman–Crippen MR) is 92.2 cm³/mol. The van der Waals surface area contributed by atoms with Crippen molar-refractivity contribution in [2.45, 2.75) is 33.1 Å². The summed E-state index contributed by atoms with van der Waals surface area (Å²) in [5, 5.41) is 15.8. The molecule has 2 N–H and O–H groups in total. The molecule has 0 aromatic heterocycles. The van der Waals surface area contributed by atoms with Crippen molar-refractivity contribution in [2.75, 3.05) is 0 Å². The molecule has 1 aromatic carbocycles. The highest BCUT2D eigenvalue weighted by Crippen LogP contribution is 2.40. The number of hydrogen-bond acceptors (Lipinski definition) is 5. The van der Waals surface area contributed by atoms with Gasteiger partial charge in [-0.1, -0.05) is 26.0 Å². The summed E-state index contributed by atoms with van der Waals surface area (Å²) in [5.74, 6) is -1.64. The molecule has 7 nitrogen and oxygen atoms in total. The molecule has 128 valence electrons. The summed E-state index contributed by atoms with van der Waals surface area (Å²) in [6.07, 6.45) is 1.69. The number of carbonyl (C=O) groups is 2. The van der Waals surface area contributed by atoms with Crippen molar-refractivity contribution in [1.82, 2.24) is 10.6 Å². The van der Waals surface area contributed by atoms with Crippen molar-refractivity contribution < 1.29 is 14.5 Å². The highest BCUT2D eigenvalue weighted by Gasteiger charge is 2.47. The summed E-state index contributed by atoms with van der Waals surface area (Å²) in [6.45, 7) is 3.87. The average molecular weight is 349 g/mol. The minimum absolute atomic E-state index is 0.0100. The van der Waals surface area contributed by atoms with Crippen LogP contribution in [0.3, 0.4) is 0 Å². The van der Waals surface area contributed by atoms with E-state index in [0.29, 0.717) is 19.3 Å². The van der Waals surface area contributed by atoms with E-state index >= 15 is 0 Å². The number of rotatable bonds is 6. The average Bonchev–Trinajstić information content (AvgIpc) is 2.53. The van der Waals surface area contributed by atoms with E-state index in [0.717, 1.165) is 5.56 Å². The van der Waals surface area contributed by atoms with Gasteiger partial charge in [0.25, 0.3) is 5.69 Å². The van der Waals surface area contributed by atoms with Gasteiger partial charge in [-0.25, -0.2) is 0 Å². The van der Waals surface area contributed by atoms with Gasteiger partial charge in [-0.05, 0) is 42.5 Å². The second kappa shape index (κ2) is 7.04. The van der Waals surface area contributed by atoms with Crippen LogP contribution < -0.4 is 10.6 Å². The molecular weight excluding hydrogens is 330 g/mol. The van der Waals surface area contributed by atoms with Crippen LogP contribution in [-0.4, -0.2) is 21.9 Å². The Hall–Kier alpha value is -2.35. The molecule has 1 heterocycles. The number of nitrogens with one attached hydrogen (secondary N) is 2. The molecule has 0 bridgehead atoms. The maximum absolute atomic E-state index is 12.4. The highest BCUT2D eigenvalue weighted by atomic mass is 32.1. The fourth-order valence-electron chi connectivity index (χ4n) is 3.23. The van der Waals surface area contributed by atoms with Gasteiger partial charge >= 0.3 is 0 Å². The van der Waals surface area contributed by atoms with Gasteiger partial charge in [0.1, 0.15) is 5.92 Å². The van der Waals surface area contributed by atoms with E-state index in [-0.39, 0.29) is 10.8 Å². The van der Waals surface area contributed by atoms with Crippen molar-refractivity contribution in [2.24, 2.45) is 11.3 Å². The summed E-state index contributed by atoms with van der Waals surface area (Å²) < 4.78 is 0. The van der Waals surface area contributed by atoms with Gasteiger partial charge in [-0.2, -0.15) is 0 Å². The zero-order valence-corrected chi connectivity index (χ0v) is 14.3. The molecule has 2 amide bonds. The molecule has 24 heavy (non-hydrogen) atoms. The third-order valence-electron chi connectivity index (χ3n) is 4.72. The molecule has 0 radical (unpaired) electrons. The van der Waals surface area contributed by atoms with Gasteiger partial charge in [-0.3, -0.25) is 19.7 Å². The lowest BCUT2D eigenvalue weighted by Gasteiger charge is -2.40. The second-order valence-corrected chi connectivity index (χ2v) is 6.32. The van der Waals surface area contributed by atoms with Crippen LogP contribution in [0.2, 0.25) is 0 Å². The van der Waals surface area contributed by atoms with Gasteiger partial charge in [-0.15, -0.1) is 0 Å². The first kappa shape index (κ1) is 18.0. The van der Waals surface area contributed by atoms with E-state index in [1.807, 2.05) is 13.8 Å². The maximum Gasteiger partial charge on any atom is 0.269 e. The van der Waals surface area contributed by atoms with Crippen LogP contribution in [0, 0.1) is 21.4 Å². The van der Waals surface area contributed by atoms with E-state index < -0.39 is 28.1 Å². The van der Waals surface area contributed by atoms with Crippen molar-refractivity contribution >= 4 is 34.8 Å². The normalized spacial score (nSPS) is 15.8. The van der Waals surface area contributed by atoms with Crippen molar-refractivity contribution in [3.8, 4) is 0 Å². The van der Waals surface area contributed by atoms with E-state index in [9.17, 15) is 19.7 Å². The van der Waals surface area contributed by atoms with Gasteiger partial charge in [0.15, 0.2) is 5.11 Å². The van der Waals surface area contributed by atoms with Crippen LogP contribution in [0.4, 0.5) is 5.69 Å². The summed E-state index contributed by atoms with van der Waals surface area (Å²) >= 11 is 4.85. The number of nitro groups is 1. The zero-order chi connectivity index (χ0) is 17.9. The number of thiocarbonyl (C=S) groups is 1. The largest absolute Gasteiger partial charge is 0.302 e. The Morgan fingerprint density at radius 3 is 2.04 bits per heavy atom. The van der Waals surface area contributed by atoms with Gasteiger partial charge in [0, 0.05) is 12.1 Å². The first-order valence-electron chi connectivity index (χ1n) is 7.72. The van der Waals surface area contributed by atoms with E-state index in [4.69, 9.17) is 12.2 Å². The number of nitrogens with zero attached hydrogens (tertiary/aromatic N) is 1. The lowest BCUT2D eigenvalue weighted by molar-refractivity contribution is -0.384. The molecule has 0 saturated carbocycles.